The maximum atomic E-state index is 12.6. The van der Waals surface area contributed by atoms with Crippen LogP contribution in [-0.4, -0.2) is 41.5 Å². The largest absolute Gasteiger partial charge is 0.434 e. The van der Waals surface area contributed by atoms with Gasteiger partial charge in [0.1, 0.15) is 5.82 Å². The highest BCUT2D eigenvalue weighted by molar-refractivity contribution is 14.0. The normalized spacial score (nSPS) is 11.6. The molecule has 0 saturated carbocycles. The zero-order valence-electron chi connectivity index (χ0n) is 16.5. The quantitative estimate of drug-likeness (QED) is 0.263. The minimum Gasteiger partial charge on any atom is -0.357 e. The van der Waals surface area contributed by atoms with Crippen LogP contribution in [0.5, 0.6) is 0 Å². The predicted molar refractivity (Wildman–Crippen MR) is 122 cm³/mol. The maximum absolute atomic E-state index is 12.6. The Morgan fingerprint density at radius 2 is 2.03 bits per heavy atom. The third-order valence-corrected chi connectivity index (χ3v) is 4.51. The zero-order chi connectivity index (χ0) is 21.3. The van der Waals surface area contributed by atoms with Gasteiger partial charge in [-0.15, -0.1) is 35.3 Å². The highest BCUT2D eigenvalue weighted by Gasteiger charge is 2.33. The van der Waals surface area contributed by atoms with E-state index in [9.17, 15) is 18.0 Å². The molecule has 0 atom stereocenters. The average Bonchev–Trinajstić information content (AvgIpc) is 3.13. The second-order valence-electron chi connectivity index (χ2n) is 6.08. The molecule has 0 radical (unpaired) electrons. The number of thiazole rings is 1. The number of guanidine groups is 1. The molecule has 0 fully saturated rings. The lowest BCUT2D eigenvalue weighted by molar-refractivity contribution is -0.140. The average molecular weight is 556 g/mol. The third-order valence-electron chi connectivity index (χ3n) is 3.61. The zero-order valence-corrected chi connectivity index (χ0v) is 19.7. The molecule has 7 nitrogen and oxygen atoms in total. The van der Waals surface area contributed by atoms with Gasteiger partial charge in [0.25, 0.3) is 0 Å². The SMILES string of the molecule is CCNC(=NCCc1nc(C(F)(F)F)cs1)NCCC(=O)Nc1ccc(C)cn1.I. The fourth-order valence-corrected chi connectivity index (χ4v) is 3.00. The van der Waals surface area contributed by atoms with Crippen LogP contribution in [0.4, 0.5) is 19.0 Å². The number of anilines is 1. The standard InChI is InChI=1S/C18H23F3N6OS.HI/c1-3-22-17(24-9-7-16-26-13(11-29-16)18(19,20)21)23-8-6-15(28)27-14-5-4-12(2)10-25-14;/h4-5,10-11H,3,6-9H2,1-2H3,(H2,22,23,24)(H,25,27,28);1H. The molecule has 2 rings (SSSR count). The Morgan fingerprint density at radius 1 is 1.27 bits per heavy atom. The number of rotatable bonds is 8. The first-order valence-corrected chi connectivity index (χ1v) is 9.92. The van der Waals surface area contributed by atoms with Gasteiger partial charge in [0, 0.05) is 44.1 Å². The Labute approximate surface area is 194 Å². The summed E-state index contributed by atoms with van der Waals surface area (Å²) in [6.07, 6.45) is -2.24. The van der Waals surface area contributed by atoms with Gasteiger partial charge in [-0.05, 0) is 25.5 Å². The molecule has 2 aromatic rings. The number of amides is 1. The molecule has 1 amide bonds. The van der Waals surface area contributed by atoms with E-state index in [1.807, 2.05) is 19.9 Å². The molecule has 0 spiro atoms. The highest BCUT2D eigenvalue weighted by Crippen LogP contribution is 2.30. The first kappa shape index (κ1) is 26.1. The van der Waals surface area contributed by atoms with E-state index >= 15 is 0 Å². The number of nitrogens with zero attached hydrogens (tertiary/aromatic N) is 3. The first-order chi connectivity index (χ1) is 13.8. The first-order valence-electron chi connectivity index (χ1n) is 9.04. The highest BCUT2D eigenvalue weighted by atomic mass is 127. The molecule has 0 aliphatic heterocycles. The Kier molecular flexibility index (Phi) is 11.0. The van der Waals surface area contributed by atoms with E-state index in [1.54, 1.807) is 12.3 Å². The summed E-state index contributed by atoms with van der Waals surface area (Å²) in [5, 5.41) is 10.1. The molecule has 0 bridgehead atoms. The second-order valence-corrected chi connectivity index (χ2v) is 7.02. The summed E-state index contributed by atoms with van der Waals surface area (Å²) < 4.78 is 37.7. The van der Waals surface area contributed by atoms with Gasteiger partial charge in [-0.25, -0.2) is 9.97 Å². The Balaban J connectivity index is 0.00000450. The van der Waals surface area contributed by atoms with Crippen molar-refractivity contribution in [2.75, 3.05) is 25.0 Å². The van der Waals surface area contributed by atoms with Crippen molar-refractivity contribution < 1.29 is 18.0 Å². The Bertz CT molecular complexity index is 826. The van der Waals surface area contributed by atoms with Gasteiger partial charge in [0.05, 0.1) is 5.01 Å². The lowest BCUT2D eigenvalue weighted by Gasteiger charge is -2.11. The van der Waals surface area contributed by atoms with Crippen LogP contribution >= 0.6 is 35.3 Å². The lowest BCUT2D eigenvalue weighted by Crippen LogP contribution is -2.38. The Hall–Kier alpha value is -1.96. The van der Waals surface area contributed by atoms with Crippen LogP contribution in [0.15, 0.2) is 28.7 Å². The van der Waals surface area contributed by atoms with Gasteiger partial charge < -0.3 is 16.0 Å². The van der Waals surface area contributed by atoms with Crippen molar-refractivity contribution in [2.45, 2.75) is 32.9 Å². The van der Waals surface area contributed by atoms with Crippen molar-refractivity contribution in [1.29, 1.82) is 0 Å². The molecule has 3 N–H and O–H groups in total. The van der Waals surface area contributed by atoms with Crippen LogP contribution in [0.3, 0.4) is 0 Å². The van der Waals surface area contributed by atoms with Crippen LogP contribution in [0.1, 0.15) is 29.6 Å². The van der Waals surface area contributed by atoms with Crippen molar-refractivity contribution >= 4 is 53.0 Å². The lowest BCUT2D eigenvalue weighted by atomic mass is 10.3. The van der Waals surface area contributed by atoms with Crippen molar-refractivity contribution in [1.82, 2.24) is 20.6 Å². The van der Waals surface area contributed by atoms with Crippen LogP contribution in [0, 0.1) is 6.92 Å². The second kappa shape index (κ2) is 12.7. The van der Waals surface area contributed by atoms with E-state index < -0.39 is 11.9 Å². The minimum absolute atomic E-state index is 0. The summed E-state index contributed by atoms with van der Waals surface area (Å²) in [6, 6.07) is 3.59. The van der Waals surface area contributed by atoms with Gasteiger partial charge in [-0.2, -0.15) is 13.2 Å². The van der Waals surface area contributed by atoms with Crippen molar-refractivity contribution in [3.05, 3.63) is 40.0 Å². The van der Waals surface area contributed by atoms with Crippen LogP contribution in [-0.2, 0) is 17.4 Å². The van der Waals surface area contributed by atoms with Crippen LogP contribution in [0.25, 0.3) is 0 Å². The summed E-state index contributed by atoms with van der Waals surface area (Å²) in [7, 11) is 0. The predicted octanol–water partition coefficient (Wildman–Crippen LogP) is 3.61. The van der Waals surface area contributed by atoms with Crippen LogP contribution < -0.4 is 16.0 Å². The maximum Gasteiger partial charge on any atom is 0.434 e. The monoisotopic (exact) mass is 556 g/mol. The fourth-order valence-electron chi connectivity index (χ4n) is 2.20. The number of hydrogen-bond donors (Lipinski definition) is 3. The van der Waals surface area contributed by atoms with E-state index in [1.165, 1.54) is 0 Å². The van der Waals surface area contributed by atoms with E-state index in [0.717, 1.165) is 22.3 Å². The van der Waals surface area contributed by atoms with E-state index in [2.05, 4.69) is 30.9 Å². The number of aryl methyl sites for hydroxylation is 1. The molecule has 0 aliphatic carbocycles. The molecular weight excluding hydrogens is 532 g/mol. The number of pyridine rings is 1. The molecule has 2 aromatic heterocycles. The summed E-state index contributed by atoms with van der Waals surface area (Å²) in [5.74, 6) is 0.788. The third kappa shape index (κ3) is 9.24. The number of carbonyl (C=O) groups excluding carboxylic acids is 1. The van der Waals surface area contributed by atoms with Crippen LogP contribution in [0.2, 0.25) is 0 Å². The number of halogens is 4. The molecule has 0 aliphatic rings. The molecule has 2 heterocycles. The molecule has 12 heteroatoms. The number of aromatic nitrogens is 2. The van der Waals surface area contributed by atoms with Gasteiger partial charge in [0.2, 0.25) is 5.91 Å². The van der Waals surface area contributed by atoms with Gasteiger partial charge in [0.15, 0.2) is 11.7 Å². The summed E-state index contributed by atoms with van der Waals surface area (Å²) in [5.41, 5.74) is 0.129. The Morgan fingerprint density at radius 3 is 2.63 bits per heavy atom. The number of hydrogen-bond acceptors (Lipinski definition) is 5. The molecule has 0 saturated heterocycles. The van der Waals surface area contributed by atoms with Gasteiger partial charge in [-0.3, -0.25) is 9.79 Å². The molecule has 0 aromatic carbocycles. The van der Waals surface area contributed by atoms with E-state index in [0.29, 0.717) is 36.3 Å². The van der Waals surface area contributed by atoms with E-state index in [-0.39, 0.29) is 42.8 Å². The number of nitrogens with one attached hydrogen (secondary N) is 3. The molecule has 30 heavy (non-hydrogen) atoms. The number of alkyl halides is 3. The molecular formula is C18H24F3IN6OS. The summed E-state index contributed by atoms with van der Waals surface area (Å²) in [4.78, 5) is 24.0. The summed E-state index contributed by atoms with van der Waals surface area (Å²) in [6.45, 7) is 5.04. The fraction of sp³-hybridized carbons (Fsp3) is 0.444. The van der Waals surface area contributed by atoms with Crippen molar-refractivity contribution in [3.8, 4) is 0 Å². The van der Waals surface area contributed by atoms with Gasteiger partial charge in [-0.1, -0.05) is 6.07 Å². The van der Waals surface area contributed by atoms with Gasteiger partial charge >= 0.3 is 6.18 Å². The molecule has 166 valence electrons. The van der Waals surface area contributed by atoms with Crippen molar-refractivity contribution in [3.63, 3.8) is 0 Å². The minimum atomic E-state index is -4.43. The number of aliphatic imine (C=N–C) groups is 1. The summed E-state index contributed by atoms with van der Waals surface area (Å²) >= 11 is 0.965. The topological polar surface area (TPSA) is 91.3 Å². The smallest absolute Gasteiger partial charge is 0.357 e. The molecule has 0 unspecified atom stereocenters. The van der Waals surface area contributed by atoms with E-state index in [4.69, 9.17) is 0 Å². The van der Waals surface area contributed by atoms with Crippen molar-refractivity contribution in [2.24, 2.45) is 4.99 Å². The number of carbonyl (C=O) groups is 1.